The van der Waals surface area contributed by atoms with E-state index < -0.39 is 0 Å². The van der Waals surface area contributed by atoms with Gasteiger partial charge in [0.15, 0.2) is 0 Å². The van der Waals surface area contributed by atoms with E-state index >= 15 is 0 Å². The standard InChI is InChI=1S/C27H32BrN5O/c1-4-25-24(18-21-8-6-19(2)7-9-21)26(30-20(3)29-25)32-14-5-15-33(17-16-32)27(34)31-23-12-10-22(28)11-13-23/h6-13H,4-5,14-18H2,1-3H3,(H,31,34). The number of aromatic nitrogens is 2. The second-order valence-electron chi connectivity index (χ2n) is 8.80. The molecule has 2 amide bonds. The SMILES string of the molecule is CCc1nc(C)nc(N2CCCN(C(=O)Nc3ccc(Br)cc3)CC2)c1Cc1ccc(C)cc1. The lowest BCUT2D eigenvalue weighted by molar-refractivity contribution is 0.215. The lowest BCUT2D eigenvalue weighted by atomic mass is 10.0. The molecule has 0 saturated carbocycles. The average Bonchev–Trinajstić information content (AvgIpc) is 3.09. The van der Waals surface area contributed by atoms with Crippen LogP contribution in [0.2, 0.25) is 0 Å². The molecule has 34 heavy (non-hydrogen) atoms. The molecular weight excluding hydrogens is 490 g/mol. The summed E-state index contributed by atoms with van der Waals surface area (Å²) in [5.74, 6) is 1.81. The molecule has 0 radical (unpaired) electrons. The fourth-order valence-electron chi connectivity index (χ4n) is 4.35. The average molecular weight is 522 g/mol. The predicted octanol–water partition coefficient (Wildman–Crippen LogP) is 5.75. The number of nitrogens with zero attached hydrogens (tertiary/aromatic N) is 4. The molecule has 178 valence electrons. The second kappa shape index (κ2) is 11.0. The van der Waals surface area contributed by atoms with E-state index in [9.17, 15) is 4.79 Å². The number of nitrogens with one attached hydrogen (secondary N) is 1. The number of halogens is 1. The minimum atomic E-state index is -0.0582. The van der Waals surface area contributed by atoms with Crippen LogP contribution < -0.4 is 10.2 Å². The van der Waals surface area contributed by atoms with E-state index in [4.69, 9.17) is 9.97 Å². The molecule has 2 heterocycles. The van der Waals surface area contributed by atoms with Crippen molar-refractivity contribution in [2.45, 2.75) is 40.0 Å². The highest BCUT2D eigenvalue weighted by Gasteiger charge is 2.23. The largest absolute Gasteiger partial charge is 0.354 e. The summed E-state index contributed by atoms with van der Waals surface area (Å²) in [6.07, 6.45) is 2.57. The lowest BCUT2D eigenvalue weighted by Crippen LogP contribution is -2.38. The van der Waals surface area contributed by atoms with E-state index in [2.05, 4.69) is 64.3 Å². The molecular formula is C27H32BrN5O. The van der Waals surface area contributed by atoms with Gasteiger partial charge in [0.1, 0.15) is 11.6 Å². The van der Waals surface area contributed by atoms with Crippen LogP contribution in [0.25, 0.3) is 0 Å². The zero-order chi connectivity index (χ0) is 24.1. The van der Waals surface area contributed by atoms with Crippen LogP contribution in [0.5, 0.6) is 0 Å². The molecule has 1 N–H and O–H groups in total. The number of carbonyl (C=O) groups is 1. The van der Waals surface area contributed by atoms with Crippen LogP contribution in [0.4, 0.5) is 16.3 Å². The van der Waals surface area contributed by atoms with Crippen LogP contribution in [-0.4, -0.2) is 47.1 Å². The predicted molar refractivity (Wildman–Crippen MR) is 142 cm³/mol. The van der Waals surface area contributed by atoms with Crippen molar-refractivity contribution in [1.82, 2.24) is 14.9 Å². The van der Waals surface area contributed by atoms with Crippen LogP contribution in [-0.2, 0) is 12.8 Å². The third-order valence-corrected chi connectivity index (χ3v) is 6.73. The van der Waals surface area contributed by atoms with Crippen LogP contribution in [0.1, 0.15) is 41.6 Å². The zero-order valence-corrected chi connectivity index (χ0v) is 21.7. The maximum absolute atomic E-state index is 12.9. The van der Waals surface area contributed by atoms with Crippen molar-refractivity contribution < 1.29 is 4.79 Å². The fourth-order valence-corrected chi connectivity index (χ4v) is 4.62. The monoisotopic (exact) mass is 521 g/mol. The Hall–Kier alpha value is -2.93. The summed E-state index contributed by atoms with van der Waals surface area (Å²) in [4.78, 5) is 26.8. The Morgan fingerprint density at radius 2 is 1.71 bits per heavy atom. The molecule has 4 rings (SSSR count). The van der Waals surface area contributed by atoms with Crippen molar-refractivity contribution in [3.63, 3.8) is 0 Å². The lowest BCUT2D eigenvalue weighted by Gasteiger charge is -2.26. The minimum Gasteiger partial charge on any atom is -0.354 e. The number of hydrogen-bond donors (Lipinski definition) is 1. The molecule has 0 unspecified atom stereocenters. The quantitative estimate of drug-likeness (QED) is 0.464. The van der Waals surface area contributed by atoms with E-state index in [0.29, 0.717) is 6.54 Å². The molecule has 0 bridgehead atoms. The molecule has 1 aromatic heterocycles. The summed E-state index contributed by atoms with van der Waals surface area (Å²) in [6.45, 7) is 9.21. The summed E-state index contributed by atoms with van der Waals surface area (Å²) < 4.78 is 0.990. The Kier molecular flexibility index (Phi) is 7.83. The Morgan fingerprint density at radius 1 is 0.971 bits per heavy atom. The first kappa shape index (κ1) is 24.2. The number of urea groups is 1. The van der Waals surface area contributed by atoms with Crippen molar-refractivity contribution in [2.24, 2.45) is 0 Å². The highest BCUT2D eigenvalue weighted by atomic mass is 79.9. The highest BCUT2D eigenvalue weighted by Crippen LogP contribution is 2.26. The van der Waals surface area contributed by atoms with Gasteiger partial charge in [0, 0.05) is 54.0 Å². The van der Waals surface area contributed by atoms with Crippen molar-refractivity contribution in [1.29, 1.82) is 0 Å². The van der Waals surface area contributed by atoms with E-state index in [1.165, 1.54) is 16.7 Å². The number of benzene rings is 2. The first-order valence-electron chi connectivity index (χ1n) is 11.9. The van der Waals surface area contributed by atoms with Gasteiger partial charge < -0.3 is 15.1 Å². The third kappa shape index (κ3) is 5.95. The molecule has 1 aliphatic heterocycles. The normalized spacial score (nSPS) is 14.1. The third-order valence-electron chi connectivity index (χ3n) is 6.20. The maximum Gasteiger partial charge on any atom is 0.321 e. The molecule has 0 spiro atoms. The number of aryl methyl sites for hydroxylation is 3. The Labute approximate surface area is 210 Å². The molecule has 1 fully saturated rings. The van der Waals surface area contributed by atoms with Crippen LogP contribution >= 0.6 is 15.9 Å². The van der Waals surface area contributed by atoms with Gasteiger partial charge in [-0.1, -0.05) is 52.7 Å². The summed E-state index contributed by atoms with van der Waals surface area (Å²) in [5, 5.41) is 3.02. The molecule has 3 aromatic rings. The summed E-state index contributed by atoms with van der Waals surface area (Å²) in [7, 11) is 0. The first-order valence-corrected chi connectivity index (χ1v) is 12.7. The van der Waals surface area contributed by atoms with Gasteiger partial charge in [-0.3, -0.25) is 0 Å². The Morgan fingerprint density at radius 3 is 2.41 bits per heavy atom. The van der Waals surface area contributed by atoms with E-state index in [1.54, 1.807) is 0 Å². The van der Waals surface area contributed by atoms with Crippen LogP contribution in [0, 0.1) is 13.8 Å². The molecule has 1 aliphatic rings. The van der Waals surface area contributed by atoms with Crippen LogP contribution in [0.3, 0.4) is 0 Å². The number of amides is 2. The van der Waals surface area contributed by atoms with Gasteiger partial charge in [-0.15, -0.1) is 0 Å². The highest BCUT2D eigenvalue weighted by molar-refractivity contribution is 9.10. The summed E-state index contributed by atoms with van der Waals surface area (Å²) in [6, 6.07) is 16.3. The van der Waals surface area contributed by atoms with Gasteiger partial charge in [0.05, 0.1) is 0 Å². The van der Waals surface area contributed by atoms with E-state index in [1.807, 2.05) is 36.1 Å². The van der Waals surface area contributed by atoms with Gasteiger partial charge in [-0.2, -0.15) is 0 Å². The topological polar surface area (TPSA) is 61.4 Å². The number of rotatable bonds is 5. The van der Waals surface area contributed by atoms with E-state index in [0.717, 1.165) is 66.4 Å². The number of hydrogen-bond acceptors (Lipinski definition) is 4. The van der Waals surface area contributed by atoms with Gasteiger partial charge >= 0.3 is 6.03 Å². The maximum atomic E-state index is 12.9. The number of carbonyl (C=O) groups excluding carboxylic acids is 1. The van der Waals surface area contributed by atoms with Crippen molar-refractivity contribution in [2.75, 3.05) is 36.4 Å². The van der Waals surface area contributed by atoms with Gasteiger partial charge in [-0.05, 0) is 56.5 Å². The van der Waals surface area contributed by atoms with E-state index in [-0.39, 0.29) is 6.03 Å². The van der Waals surface area contributed by atoms with Crippen LogP contribution in [0.15, 0.2) is 53.0 Å². The van der Waals surface area contributed by atoms with Crippen molar-refractivity contribution in [3.8, 4) is 0 Å². The molecule has 6 nitrogen and oxygen atoms in total. The molecule has 1 saturated heterocycles. The van der Waals surface area contributed by atoms with Gasteiger partial charge in [-0.25, -0.2) is 14.8 Å². The molecule has 0 atom stereocenters. The minimum absolute atomic E-state index is 0.0582. The second-order valence-corrected chi connectivity index (χ2v) is 9.72. The molecule has 0 aliphatic carbocycles. The summed E-state index contributed by atoms with van der Waals surface area (Å²) in [5.41, 5.74) is 5.63. The van der Waals surface area contributed by atoms with Gasteiger partial charge in [0.25, 0.3) is 0 Å². The van der Waals surface area contributed by atoms with Crippen molar-refractivity contribution in [3.05, 3.63) is 81.2 Å². The first-order chi connectivity index (χ1) is 16.4. The smallest absolute Gasteiger partial charge is 0.321 e. The fraction of sp³-hybridized carbons (Fsp3) is 0.370. The molecule has 2 aromatic carbocycles. The Bertz CT molecular complexity index is 1130. The summed E-state index contributed by atoms with van der Waals surface area (Å²) >= 11 is 3.43. The van der Waals surface area contributed by atoms with Gasteiger partial charge in [0.2, 0.25) is 0 Å². The number of anilines is 2. The molecule has 7 heteroatoms. The van der Waals surface area contributed by atoms with Crippen molar-refractivity contribution >= 4 is 33.5 Å². The Balaban J connectivity index is 1.52. The zero-order valence-electron chi connectivity index (χ0n) is 20.1.